The van der Waals surface area contributed by atoms with Crippen molar-refractivity contribution in [1.82, 2.24) is 10.2 Å². The van der Waals surface area contributed by atoms with Gasteiger partial charge in [0.1, 0.15) is 0 Å². The molecule has 0 saturated carbocycles. The Kier molecular flexibility index (Phi) is 7.09. The minimum Gasteiger partial charge on any atom is -0.356 e. The van der Waals surface area contributed by atoms with Crippen molar-refractivity contribution in [2.24, 2.45) is 5.92 Å². The van der Waals surface area contributed by atoms with E-state index < -0.39 is 0 Å². The van der Waals surface area contributed by atoms with Gasteiger partial charge in [-0.1, -0.05) is 35.0 Å². The molecule has 1 heterocycles. The lowest BCUT2D eigenvalue weighted by molar-refractivity contribution is -0.135. The van der Waals surface area contributed by atoms with E-state index in [1.807, 2.05) is 30.0 Å². The molecule has 1 aromatic carbocycles. The largest absolute Gasteiger partial charge is 0.356 e. The molecule has 0 unspecified atom stereocenters. The second-order valence-electron chi connectivity index (χ2n) is 6.08. The van der Waals surface area contributed by atoms with Gasteiger partial charge in [0.25, 0.3) is 0 Å². The summed E-state index contributed by atoms with van der Waals surface area (Å²) in [5.74, 6) is 0.404. The molecule has 126 valence electrons. The van der Waals surface area contributed by atoms with E-state index in [0.717, 1.165) is 36.7 Å². The molecule has 2 rings (SSSR count). The molecule has 1 saturated heterocycles. The molecule has 1 N–H and O–H groups in total. The fourth-order valence-electron chi connectivity index (χ4n) is 2.89. The minimum absolute atomic E-state index is 0.0654. The number of nitrogens with zero attached hydrogens (tertiary/aromatic N) is 1. The number of nitrogens with one attached hydrogen (secondary N) is 1. The van der Waals surface area contributed by atoms with E-state index >= 15 is 0 Å². The van der Waals surface area contributed by atoms with Crippen LogP contribution < -0.4 is 5.32 Å². The van der Waals surface area contributed by atoms with Gasteiger partial charge in [-0.25, -0.2) is 0 Å². The summed E-state index contributed by atoms with van der Waals surface area (Å²) >= 11 is 3.45. The van der Waals surface area contributed by atoms with E-state index in [0.29, 0.717) is 19.5 Å². The van der Waals surface area contributed by atoms with Crippen molar-refractivity contribution in [3.8, 4) is 0 Å². The van der Waals surface area contributed by atoms with Gasteiger partial charge in [-0.05, 0) is 43.4 Å². The number of hydrogen-bond donors (Lipinski definition) is 1. The SMILES string of the molecule is CCCNC(=O)C1CCN(C(=O)CCc2cccc(Br)c2)CC1. The molecule has 2 amide bonds. The molecule has 23 heavy (non-hydrogen) atoms. The summed E-state index contributed by atoms with van der Waals surface area (Å²) in [6.45, 7) is 4.18. The molecule has 1 aromatic rings. The van der Waals surface area contributed by atoms with E-state index in [4.69, 9.17) is 0 Å². The highest BCUT2D eigenvalue weighted by Crippen LogP contribution is 2.19. The van der Waals surface area contributed by atoms with Crippen LogP contribution in [0.25, 0.3) is 0 Å². The van der Waals surface area contributed by atoms with Gasteiger partial charge in [0.15, 0.2) is 0 Å². The molecule has 4 nitrogen and oxygen atoms in total. The topological polar surface area (TPSA) is 49.4 Å². The minimum atomic E-state index is 0.0654. The third kappa shape index (κ3) is 5.65. The normalized spacial score (nSPS) is 15.5. The van der Waals surface area contributed by atoms with Crippen LogP contribution in [0.1, 0.15) is 38.2 Å². The van der Waals surface area contributed by atoms with E-state index in [1.54, 1.807) is 0 Å². The fourth-order valence-corrected chi connectivity index (χ4v) is 3.33. The zero-order valence-corrected chi connectivity index (χ0v) is 15.3. The van der Waals surface area contributed by atoms with Gasteiger partial charge in [-0.3, -0.25) is 9.59 Å². The monoisotopic (exact) mass is 380 g/mol. The lowest BCUT2D eigenvalue weighted by atomic mass is 9.95. The van der Waals surface area contributed by atoms with Crippen molar-refractivity contribution >= 4 is 27.7 Å². The number of hydrogen-bond acceptors (Lipinski definition) is 2. The third-order valence-corrected chi connectivity index (χ3v) is 4.78. The Balaban J connectivity index is 1.74. The highest BCUT2D eigenvalue weighted by molar-refractivity contribution is 9.10. The maximum atomic E-state index is 12.3. The Bertz CT molecular complexity index is 540. The highest BCUT2D eigenvalue weighted by Gasteiger charge is 2.26. The second kappa shape index (κ2) is 9.06. The lowest BCUT2D eigenvalue weighted by Crippen LogP contribution is -2.43. The Morgan fingerprint density at radius 1 is 1.30 bits per heavy atom. The average Bonchev–Trinajstić information content (AvgIpc) is 2.57. The molecule has 0 aliphatic carbocycles. The van der Waals surface area contributed by atoms with Crippen molar-refractivity contribution < 1.29 is 9.59 Å². The van der Waals surface area contributed by atoms with Crippen LogP contribution >= 0.6 is 15.9 Å². The summed E-state index contributed by atoms with van der Waals surface area (Å²) < 4.78 is 1.04. The summed E-state index contributed by atoms with van der Waals surface area (Å²) in [7, 11) is 0. The Labute approximate surface area is 146 Å². The second-order valence-corrected chi connectivity index (χ2v) is 6.99. The maximum absolute atomic E-state index is 12.3. The van der Waals surface area contributed by atoms with Crippen LogP contribution in [0.3, 0.4) is 0 Å². The van der Waals surface area contributed by atoms with Crippen LogP contribution in [0.2, 0.25) is 0 Å². The van der Waals surface area contributed by atoms with Crippen LogP contribution in [-0.2, 0) is 16.0 Å². The van der Waals surface area contributed by atoms with E-state index in [1.165, 1.54) is 5.56 Å². The molecular weight excluding hydrogens is 356 g/mol. The molecule has 0 radical (unpaired) electrons. The predicted molar refractivity (Wildman–Crippen MR) is 95.1 cm³/mol. The number of carbonyl (C=O) groups excluding carboxylic acids is 2. The molecule has 1 fully saturated rings. The van der Waals surface area contributed by atoms with Crippen molar-refractivity contribution in [2.45, 2.75) is 39.0 Å². The van der Waals surface area contributed by atoms with Crippen LogP contribution in [0.4, 0.5) is 0 Å². The van der Waals surface area contributed by atoms with Crippen molar-refractivity contribution in [1.29, 1.82) is 0 Å². The summed E-state index contributed by atoms with van der Waals surface area (Å²) in [5.41, 5.74) is 1.17. The third-order valence-electron chi connectivity index (χ3n) is 4.28. The number of benzene rings is 1. The number of likely N-dealkylation sites (tertiary alicyclic amines) is 1. The van der Waals surface area contributed by atoms with Crippen molar-refractivity contribution in [3.63, 3.8) is 0 Å². The molecule has 0 bridgehead atoms. The van der Waals surface area contributed by atoms with Crippen LogP contribution in [-0.4, -0.2) is 36.3 Å². The van der Waals surface area contributed by atoms with Crippen LogP contribution in [0.5, 0.6) is 0 Å². The summed E-state index contributed by atoms with van der Waals surface area (Å²) in [6, 6.07) is 8.07. The summed E-state index contributed by atoms with van der Waals surface area (Å²) in [4.78, 5) is 26.2. The van der Waals surface area contributed by atoms with Crippen LogP contribution in [0, 0.1) is 5.92 Å². The predicted octanol–water partition coefficient (Wildman–Crippen LogP) is 3.15. The molecule has 0 atom stereocenters. The Morgan fingerprint density at radius 3 is 2.70 bits per heavy atom. The molecular formula is C18H25BrN2O2. The van der Waals surface area contributed by atoms with Crippen molar-refractivity contribution in [3.05, 3.63) is 34.3 Å². The first kappa shape index (κ1) is 18.0. The zero-order chi connectivity index (χ0) is 16.7. The number of piperidine rings is 1. The zero-order valence-electron chi connectivity index (χ0n) is 13.7. The standard InChI is InChI=1S/C18H25BrN2O2/c1-2-10-20-18(23)15-8-11-21(12-9-15)17(22)7-6-14-4-3-5-16(19)13-14/h3-5,13,15H,2,6-12H2,1H3,(H,20,23). The fraction of sp³-hybridized carbons (Fsp3) is 0.556. The number of halogens is 1. The molecule has 5 heteroatoms. The number of rotatable bonds is 6. The van der Waals surface area contributed by atoms with Crippen LogP contribution in [0.15, 0.2) is 28.7 Å². The smallest absolute Gasteiger partial charge is 0.223 e. The first-order chi connectivity index (χ1) is 11.1. The number of amides is 2. The van der Waals surface area contributed by atoms with E-state index in [9.17, 15) is 9.59 Å². The van der Waals surface area contributed by atoms with Gasteiger partial charge in [0, 0.05) is 36.4 Å². The summed E-state index contributed by atoms with van der Waals surface area (Å²) in [6.07, 6.45) is 3.80. The Hall–Kier alpha value is -1.36. The molecule has 1 aliphatic heterocycles. The van der Waals surface area contributed by atoms with Crippen molar-refractivity contribution in [2.75, 3.05) is 19.6 Å². The first-order valence-corrected chi connectivity index (χ1v) is 9.19. The van der Waals surface area contributed by atoms with Gasteiger partial charge < -0.3 is 10.2 Å². The van der Waals surface area contributed by atoms with E-state index in [-0.39, 0.29) is 17.7 Å². The molecule has 0 aromatic heterocycles. The van der Waals surface area contributed by atoms with Gasteiger partial charge in [-0.15, -0.1) is 0 Å². The van der Waals surface area contributed by atoms with Gasteiger partial charge in [0.2, 0.25) is 11.8 Å². The molecule has 1 aliphatic rings. The highest BCUT2D eigenvalue weighted by atomic mass is 79.9. The lowest BCUT2D eigenvalue weighted by Gasteiger charge is -2.31. The average molecular weight is 381 g/mol. The van der Waals surface area contributed by atoms with E-state index in [2.05, 4.69) is 27.3 Å². The Morgan fingerprint density at radius 2 is 2.04 bits per heavy atom. The number of carbonyl (C=O) groups is 2. The van der Waals surface area contributed by atoms with Gasteiger partial charge >= 0.3 is 0 Å². The maximum Gasteiger partial charge on any atom is 0.223 e. The molecule has 0 spiro atoms. The number of aryl methyl sites for hydroxylation is 1. The summed E-state index contributed by atoms with van der Waals surface area (Å²) in [5, 5.41) is 2.95. The van der Waals surface area contributed by atoms with Gasteiger partial charge in [0.05, 0.1) is 0 Å². The quantitative estimate of drug-likeness (QED) is 0.823. The van der Waals surface area contributed by atoms with Gasteiger partial charge in [-0.2, -0.15) is 0 Å². The first-order valence-electron chi connectivity index (χ1n) is 8.40.